The molecular formula is C24H26O4. The molecule has 0 aliphatic heterocycles. The van der Waals surface area contributed by atoms with Crippen LogP contribution in [0.2, 0.25) is 0 Å². The van der Waals surface area contributed by atoms with Crippen molar-refractivity contribution in [2.45, 2.75) is 25.9 Å². The SMILES string of the molecule is CC(C)C(=O)OC[C@@H]1CC=C[C@](O)(c2ccccc2)[C@H]1C(=O)c1ccccc1. The molecule has 0 amide bonds. The van der Waals surface area contributed by atoms with E-state index in [1.807, 2.05) is 42.5 Å². The molecule has 4 heteroatoms. The normalized spacial score (nSPS) is 24.1. The predicted octanol–water partition coefficient (Wildman–Crippen LogP) is 4.15. The first-order valence-corrected chi connectivity index (χ1v) is 9.65. The second kappa shape index (κ2) is 8.53. The van der Waals surface area contributed by atoms with Crippen LogP contribution in [0.5, 0.6) is 0 Å². The van der Waals surface area contributed by atoms with E-state index >= 15 is 0 Å². The summed E-state index contributed by atoms with van der Waals surface area (Å²) in [6.07, 6.45) is 4.13. The Kier molecular flexibility index (Phi) is 6.10. The maximum atomic E-state index is 13.4. The number of ether oxygens (including phenoxy) is 1. The summed E-state index contributed by atoms with van der Waals surface area (Å²) in [5.74, 6) is -1.76. The molecule has 0 spiro atoms. The van der Waals surface area contributed by atoms with Gasteiger partial charge in [-0.25, -0.2) is 0 Å². The lowest BCUT2D eigenvalue weighted by Gasteiger charge is -2.40. The monoisotopic (exact) mass is 378 g/mol. The Hall–Kier alpha value is -2.72. The van der Waals surface area contributed by atoms with E-state index in [4.69, 9.17) is 4.74 Å². The fraction of sp³-hybridized carbons (Fsp3) is 0.333. The molecule has 0 saturated carbocycles. The molecule has 4 nitrogen and oxygen atoms in total. The zero-order chi connectivity index (χ0) is 20.1. The van der Waals surface area contributed by atoms with E-state index in [1.54, 1.807) is 44.2 Å². The summed E-state index contributed by atoms with van der Waals surface area (Å²) in [6, 6.07) is 18.2. The van der Waals surface area contributed by atoms with Gasteiger partial charge in [0.25, 0.3) is 0 Å². The molecule has 0 heterocycles. The van der Waals surface area contributed by atoms with Crippen LogP contribution in [0.4, 0.5) is 0 Å². The Bertz CT molecular complexity index is 841. The van der Waals surface area contributed by atoms with Crippen molar-refractivity contribution in [3.63, 3.8) is 0 Å². The molecule has 0 aromatic heterocycles. The van der Waals surface area contributed by atoms with Crippen LogP contribution in [0.25, 0.3) is 0 Å². The summed E-state index contributed by atoms with van der Waals surface area (Å²) < 4.78 is 5.45. The third-order valence-corrected chi connectivity index (χ3v) is 5.24. The highest BCUT2D eigenvalue weighted by Crippen LogP contribution is 2.43. The molecule has 1 N–H and O–H groups in total. The highest BCUT2D eigenvalue weighted by atomic mass is 16.5. The van der Waals surface area contributed by atoms with Gasteiger partial charge >= 0.3 is 5.97 Å². The van der Waals surface area contributed by atoms with Crippen LogP contribution < -0.4 is 0 Å². The zero-order valence-electron chi connectivity index (χ0n) is 16.2. The molecular weight excluding hydrogens is 352 g/mol. The fourth-order valence-electron chi connectivity index (χ4n) is 3.72. The van der Waals surface area contributed by atoms with Crippen LogP contribution in [-0.4, -0.2) is 23.5 Å². The van der Waals surface area contributed by atoms with E-state index in [0.717, 1.165) is 0 Å². The number of rotatable bonds is 6. The number of carbonyl (C=O) groups excluding carboxylic acids is 2. The van der Waals surface area contributed by atoms with Gasteiger partial charge in [-0.1, -0.05) is 86.7 Å². The van der Waals surface area contributed by atoms with E-state index in [2.05, 4.69) is 0 Å². The van der Waals surface area contributed by atoms with Gasteiger partial charge in [0.2, 0.25) is 0 Å². The lowest BCUT2D eigenvalue weighted by atomic mass is 9.67. The first-order valence-electron chi connectivity index (χ1n) is 9.65. The van der Waals surface area contributed by atoms with Crippen molar-refractivity contribution in [3.8, 4) is 0 Å². The third kappa shape index (κ3) is 4.07. The molecule has 0 bridgehead atoms. The molecule has 0 saturated heterocycles. The van der Waals surface area contributed by atoms with E-state index in [1.165, 1.54) is 0 Å². The Morgan fingerprint density at radius 1 is 1.07 bits per heavy atom. The Morgan fingerprint density at radius 3 is 2.29 bits per heavy atom. The minimum atomic E-state index is -1.46. The highest BCUT2D eigenvalue weighted by molar-refractivity contribution is 5.99. The number of allylic oxidation sites excluding steroid dienone is 1. The van der Waals surface area contributed by atoms with E-state index in [9.17, 15) is 14.7 Å². The van der Waals surface area contributed by atoms with E-state index < -0.39 is 11.5 Å². The van der Waals surface area contributed by atoms with Crippen molar-refractivity contribution in [1.82, 2.24) is 0 Å². The summed E-state index contributed by atoms with van der Waals surface area (Å²) in [6.45, 7) is 3.64. The highest BCUT2D eigenvalue weighted by Gasteiger charge is 2.47. The number of benzene rings is 2. The second-order valence-electron chi connectivity index (χ2n) is 7.58. The van der Waals surface area contributed by atoms with Gasteiger partial charge < -0.3 is 9.84 Å². The molecule has 2 aromatic carbocycles. The molecule has 0 fully saturated rings. The molecule has 0 radical (unpaired) electrons. The van der Waals surface area contributed by atoms with Gasteiger partial charge in [-0.15, -0.1) is 0 Å². The summed E-state index contributed by atoms with van der Waals surface area (Å²) >= 11 is 0. The third-order valence-electron chi connectivity index (χ3n) is 5.24. The van der Waals surface area contributed by atoms with Crippen molar-refractivity contribution in [2.24, 2.45) is 17.8 Å². The van der Waals surface area contributed by atoms with Crippen LogP contribution in [0.1, 0.15) is 36.2 Å². The van der Waals surface area contributed by atoms with Crippen molar-refractivity contribution in [1.29, 1.82) is 0 Å². The standard InChI is InChI=1S/C24H26O4/c1-17(2)23(26)28-16-19-12-9-15-24(27,20-13-7-4-8-14-20)21(19)22(25)18-10-5-3-6-11-18/h3-11,13-15,17,19,21,27H,12,16H2,1-2H3/t19-,21+,24-/m0/s1. The number of Topliss-reactive ketones (excluding diaryl/α,β-unsaturated/α-hetero) is 1. The molecule has 1 aliphatic rings. The average Bonchev–Trinajstić information content (AvgIpc) is 2.72. The molecule has 146 valence electrons. The van der Waals surface area contributed by atoms with Gasteiger partial charge in [-0.2, -0.15) is 0 Å². The number of hydrogen-bond acceptors (Lipinski definition) is 4. The summed E-state index contributed by atoms with van der Waals surface area (Å²) in [4.78, 5) is 25.4. The zero-order valence-corrected chi connectivity index (χ0v) is 16.2. The smallest absolute Gasteiger partial charge is 0.308 e. The van der Waals surface area contributed by atoms with Crippen LogP contribution in [0.15, 0.2) is 72.8 Å². The van der Waals surface area contributed by atoms with Gasteiger partial charge in [0.05, 0.1) is 18.4 Å². The summed E-state index contributed by atoms with van der Waals surface area (Å²) in [5, 5.41) is 11.6. The fourth-order valence-corrected chi connectivity index (χ4v) is 3.72. The molecule has 3 rings (SSSR count). The Balaban J connectivity index is 1.99. The van der Waals surface area contributed by atoms with E-state index in [-0.39, 0.29) is 30.2 Å². The number of esters is 1. The van der Waals surface area contributed by atoms with Crippen molar-refractivity contribution in [3.05, 3.63) is 83.9 Å². The maximum Gasteiger partial charge on any atom is 0.308 e. The van der Waals surface area contributed by atoms with Gasteiger partial charge in [-0.05, 0) is 12.0 Å². The van der Waals surface area contributed by atoms with Crippen molar-refractivity contribution >= 4 is 11.8 Å². The van der Waals surface area contributed by atoms with Gasteiger partial charge in [0.1, 0.15) is 5.60 Å². The van der Waals surface area contributed by atoms with Crippen molar-refractivity contribution < 1.29 is 19.4 Å². The lowest BCUT2D eigenvalue weighted by molar-refractivity contribution is -0.150. The van der Waals surface area contributed by atoms with Gasteiger partial charge in [0.15, 0.2) is 5.78 Å². The first kappa shape index (κ1) is 20.0. The Morgan fingerprint density at radius 2 is 1.68 bits per heavy atom. The molecule has 28 heavy (non-hydrogen) atoms. The number of aliphatic hydroxyl groups is 1. The maximum absolute atomic E-state index is 13.4. The molecule has 3 atom stereocenters. The number of carbonyl (C=O) groups is 2. The lowest BCUT2D eigenvalue weighted by Crippen LogP contribution is -2.46. The van der Waals surface area contributed by atoms with Gasteiger partial charge in [-0.3, -0.25) is 9.59 Å². The van der Waals surface area contributed by atoms with Crippen LogP contribution in [0, 0.1) is 17.8 Å². The average molecular weight is 378 g/mol. The quantitative estimate of drug-likeness (QED) is 0.466. The summed E-state index contributed by atoms with van der Waals surface area (Å²) in [7, 11) is 0. The summed E-state index contributed by atoms with van der Waals surface area (Å²) in [5.41, 5.74) is -0.265. The van der Waals surface area contributed by atoms with Gasteiger partial charge in [0, 0.05) is 11.5 Å². The topological polar surface area (TPSA) is 63.6 Å². The Labute approximate surface area is 165 Å². The van der Waals surface area contributed by atoms with E-state index in [0.29, 0.717) is 17.5 Å². The number of hydrogen-bond donors (Lipinski definition) is 1. The minimum Gasteiger partial charge on any atom is -0.465 e. The molecule has 2 aromatic rings. The largest absolute Gasteiger partial charge is 0.465 e. The predicted molar refractivity (Wildman–Crippen MR) is 108 cm³/mol. The van der Waals surface area contributed by atoms with Crippen molar-refractivity contribution in [2.75, 3.05) is 6.61 Å². The molecule has 0 unspecified atom stereocenters. The van der Waals surface area contributed by atoms with Crippen LogP contribution in [-0.2, 0) is 15.1 Å². The molecule has 1 aliphatic carbocycles. The van der Waals surface area contributed by atoms with Crippen LogP contribution >= 0.6 is 0 Å². The minimum absolute atomic E-state index is 0.0970. The number of ketones is 1. The first-order chi connectivity index (χ1) is 13.4. The van der Waals surface area contributed by atoms with Crippen LogP contribution in [0.3, 0.4) is 0 Å². The second-order valence-corrected chi connectivity index (χ2v) is 7.58.